The predicted molar refractivity (Wildman–Crippen MR) is 124 cm³/mol. The fourth-order valence-electron chi connectivity index (χ4n) is 3.94. The molecule has 4 amide bonds. The minimum Gasteiger partial charge on any atom is -0.492 e. The van der Waals surface area contributed by atoms with Gasteiger partial charge in [0.05, 0.1) is 37.8 Å². The van der Waals surface area contributed by atoms with Crippen molar-refractivity contribution in [3.63, 3.8) is 0 Å². The van der Waals surface area contributed by atoms with Gasteiger partial charge in [0, 0.05) is 25.2 Å². The lowest BCUT2D eigenvalue weighted by atomic mass is 10.0. The smallest absolute Gasteiger partial charge is 0.325 e. The van der Waals surface area contributed by atoms with E-state index >= 15 is 0 Å². The summed E-state index contributed by atoms with van der Waals surface area (Å²) in [6.45, 7) is 10.9. The van der Waals surface area contributed by atoms with Crippen molar-refractivity contribution in [2.24, 2.45) is 5.92 Å². The van der Waals surface area contributed by atoms with Gasteiger partial charge in [-0.25, -0.2) is 4.79 Å². The van der Waals surface area contributed by atoms with Gasteiger partial charge < -0.3 is 29.7 Å². The van der Waals surface area contributed by atoms with E-state index in [2.05, 4.69) is 15.5 Å². The number of ether oxygens (including phenoxy) is 3. The highest BCUT2D eigenvalue weighted by Gasteiger charge is 2.39. The molecule has 2 heterocycles. The predicted octanol–water partition coefficient (Wildman–Crippen LogP) is 2.23. The highest BCUT2D eigenvalue weighted by Crippen LogP contribution is 2.39. The number of benzene rings is 1. The molecule has 1 aromatic carbocycles. The van der Waals surface area contributed by atoms with E-state index in [0.29, 0.717) is 50.0 Å². The van der Waals surface area contributed by atoms with E-state index in [-0.39, 0.29) is 18.4 Å². The molecule has 10 heteroatoms. The van der Waals surface area contributed by atoms with Gasteiger partial charge in [-0.3, -0.25) is 14.5 Å². The Morgan fingerprint density at radius 3 is 2.45 bits per heavy atom. The molecule has 0 bridgehead atoms. The molecule has 2 aliphatic heterocycles. The molecule has 182 valence electrons. The minimum absolute atomic E-state index is 0.240. The first-order valence-corrected chi connectivity index (χ1v) is 11.5. The Balaban J connectivity index is 1.78. The van der Waals surface area contributed by atoms with Crippen molar-refractivity contribution in [3.05, 3.63) is 12.1 Å². The van der Waals surface area contributed by atoms with E-state index in [1.54, 1.807) is 6.07 Å². The van der Waals surface area contributed by atoms with Crippen molar-refractivity contribution in [2.75, 3.05) is 56.3 Å². The van der Waals surface area contributed by atoms with Gasteiger partial charge in [-0.2, -0.15) is 0 Å². The Morgan fingerprint density at radius 2 is 1.82 bits per heavy atom. The van der Waals surface area contributed by atoms with Crippen molar-refractivity contribution in [3.8, 4) is 11.5 Å². The number of hydrogen-bond donors (Lipinski definition) is 2. The summed E-state index contributed by atoms with van der Waals surface area (Å²) in [6, 6.07) is 2.43. The highest BCUT2D eigenvalue weighted by molar-refractivity contribution is 6.08. The Hall–Kier alpha value is -3.01. The molecule has 3 rings (SSSR count). The van der Waals surface area contributed by atoms with Crippen molar-refractivity contribution in [1.82, 2.24) is 10.2 Å². The van der Waals surface area contributed by atoms with Gasteiger partial charge in [0.25, 0.3) is 5.91 Å². The Morgan fingerprint density at radius 1 is 1.15 bits per heavy atom. The number of rotatable bonds is 10. The molecule has 2 fully saturated rings. The molecule has 1 aromatic rings. The molecule has 0 radical (unpaired) electrons. The van der Waals surface area contributed by atoms with Crippen molar-refractivity contribution < 1.29 is 28.6 Å². The van der Waals surface area contributed by atoms with Crippen LogP contribution in [0.1, 0.15) is 34.1 Å². The van der Waals surface area contributed by atoms with E-state index in [1.807, 2.05) is 33.8 Å². The third-order valence-corrected chi connectivity index (χ3v) is 5.40. The average molecular weight is 463 g/mol. The lowest BCUT2D eigenvalue weighted by Crippen LogP contribution is -2.38. The van der Waals surface area contributed by atoms with Crippen LogP contribution in [0.15, 0.2) is 12.1 Å². The molecule has 0 aliphatic carbocycles. The number of amides is 4. The van der Waals surface area contributed by atoms with Crippen LogP contribution in [-0.4, -0.2) is 74.8 Å². The second-order valence-electron chi connectivity index (χ2n) is 8.39. The van der Waals surface area contributed by atoms with Crippen LogP contribution in [-0.2, 0) is 14.3 Å². The van der Waals surface area contributed by atoms with Crippen molar-refractivity contribution in [1.29, 1.82) is 0 Å². The van der Waals surface area contributed by atoms with E-state index in [9.17, 15) is 14.4 Å². The lowest BCUT2D eigenvalue weighted by molar-refractivity contribution is -0.131. The van der Waals surface area contributed by atoms with Gasteiger partial charge in [0.2, 0.25) is 5.91 Å². The van der Waals surface area contributed by atoms with Crippen LogP contribution in [0.3, 0.4) is 0 Å². The van der Waals surface area contributed by atoms with Crippen LogP contribution in [0, 0.1) is 5.92 Å². The number of hydrogen-bond acceptors (Lipinski definition) is 7. The number of nitrogens with zero attached hydrogens (tertiary/aromatic N) is 2. The van der Waals surface area contributed by atoms with Gasteiger partial charge in [-0.15, -0.1) is 0 Å². The van der Waals surface area contributed by atoms with Gasteiger partial charge in [-0.1, -0.05) is 13.8 Å². The number of urea groups is 1. The summed E-state index contributed by atoms with van der Waals surface area (Å²) in [6.07, 6.45) is 0.526. The molecule has 2 N–H and O–H groups in total. The molecular weight excluding hydrogens is 428 g/mol. The average Bonchev–Trinajstić information content (AvgIpc) is 3.03. The third kappa shape index (κ3) is 6.07. The van der Waals surface area contributed by atoms with Crippen LogP contribution in [0.2, 0.25) is 0 Å². The lowest BCUT2D eigenvalue weighted by Gasteiger charge is -2.31. The van der Waals surface area contributed by atoms with Crippen LogP contribution in [0.25, 0.3) is 0 Å². The summed E-state index contributed by atoms with van der Waals surface area (Å²) in [4.78, 5) is 40.7. The van der Waals surface area contributed by atoms with E-state index < -0.39 is 18.0 Å². The normalized spacial score (nSPS) is 18.5. The van der Waals surface area contributed by atoms with Gasteiger partial charge in [-0.05, 0) is 26.2 Å². The van der Waals surface area contributed by atoms with E-state index in [1.165, 1.54) is 0 Å². The number of carbonyl (C=O) groups excluding carboxylic acids is 3. The number of anilines is 2. The Bertz CT molecular complexity index is 869. The standard InChI is InChI=1S/C23H34N4O6/c1-5-32-19-13-18(26-7-9-31-10-8-26)20(33-6-2)12-16(19)24-21(28)14-27-22(29)17(11-15(3)4)25-23(27)30/h12-13,15,17H,5-11,14H2,1-4H3,(H,24,28)(H,25,30)/t17-/m1/s1. The molecule has 10 nitrogen and oxygen atoms in total. The third-order valence-electron chi connectivity index (χ3n) is 5.40. The Labute approximate surface area is 194 Å². The SMILES string of the molecule is CCOc1cc(N2CCOCC2)c(OCC)cc1NC(=O)CN1C(=O)N[C@H](CC(C)C)C1=O. The van der Waals surface area contributed by atoms with Gasteiger partial charge in [0.15, 0.2) is 0 Å². The zero-order valence-electron chi connectivity index (χ0n) is 19.8. The number of nitrogens with one attached hydrogen (secondary N) is 2. The quantitative estimate of drug-likeness (QED) is 0.513. The first-order chi connectivity index (χ1) is 15.8. The van der Waals surface area contributed by atoms with Crippen molar-refractivity contribution >= 4 is 29.2 Å². The maximum Gasteiger partial charge on any atom is 0.325 e. The van der Waals surface area contributed by atoms with Crippen LogP contribution in [0.5, 0.6) is 11.5 Å². The molecule has 0 unspecified atom stereocenters. The van der Waals surface area contributed by atoms with Crippen LogP contribution in [0.4, 0.5) is 16.2 Å². The molecule has 1 atom stereocenters. The van der Waals surface area contributed by atoms with Gasteiger partial charge in [0.1, 0.15) is 24.1 Å². The summed E-state index contributed by atoms with van der Waals surface area (Å²) >= 11 is 0. The van der Waals surface area contributed by atoms with Gasteiger partial charge >= 0.3 is 6.03 Å². The second-order valence-corrected chi connectivity index (χ2v) is 8.39. The second kappa shape index (κ2) is 11.2. The molecule has 33 heavy (non-hydrogen) atoms. The molecule has 0 aromatic heterocycles. The monoisotopic (exact) mass is 462 g/mol. The van der Waals surface area contributed by atoms with E-state index in [0.717, 1.165) is 23.7 Å². The molecule has 2 aliphatic rings. The molecular formula is C23H34N4O6. The summed E-state index contributed by atoms with van der Waals surface area (Å²) in [5, 5.41) is 5.44. The maximum absolute atomic E-state index is 12.8. The van der Waals surface area contributed by atoms with E-state index in [4.69, 9.17) is 14.2 Å². The zero-order chi connectivity index (χ0) is 24.0. The fraction of sp³-hybridized carbons (Fsp3) is 0.609. The first-order valence-electron chi connectivity index (χ1n) is 11.5. The first kappa shape index (κ1) is 24.6. The Kier molecular flexibility index (Phi) is 8.37. The van der Waals surface area contributed by atoms with Crippen molar-refractivity contribution in [2.45, 2.75) is 40.2 Å². The molecule has 2 saturated heterocycles. The summed E-state index contributed by atoms with van der Waals surface area (Å²) < 4.78 is 17.1. The van der Waals surface area contributed by atoms with Crippen LogP contribution >= 0.6 is 0 Å². The number of morpholine rings is 1. The largest absolute Gasteiger partial charge is 0.492 e. The minimum atomic E-state index is -0.596. The number of imide groups is 1. The highest BCUT2D eigenvalue weighted by atomic mass is 16.5. The summed E-state index contributed by atoms with van der Waals surface area (Å²) in [7, 11) is 0. The fourth-order valence-corrected chi connectivity index (χ4v) is 3.94. The zero-order valence-corrected chi connectivity index (χ0v) is 19.8. The topological polar surface area (TPSA) is 109 Å². The molecule has 0 spiro atoms. The summed E-state index contributed by atoms with van der Waals surface area (Å²) in [5.41, 5.74) is 1.29. The number of carbonyl (C=O) groups is 3. The van der Waals surface area contributed by atoms with Crippen LogP contribution < -0.4 is 25.0 Å². The molecule has 0 saturated carbocycles. The maximum atomic E-state index is 12.8. The summed E-state index contributed by atoms with van der Waals surface area (Å²) in [5.74, 6) is 0.470.